The van der Waals surface area contributed by atoms with Gasteiger partial charge >= 0.3 is 5.97 Å². The molecule has 2 aromatic heterocycles. The van der Waals surface area contributed by atoms with E-state index < -0.39 is 12.0 Å². The average Bonchev–Trinajstić information content (AvgIpc) is 3.08. The Morgan fingerprint density at radius 3 is 2.69 bits per heavy atom. The predicted octanol–water partition coefficient (Wildman–Crippen LogP) is 2.96. The molecule has 1 aromatic carbocycles. The third kappa shape index (κ3) is 4.05. The van der Waals surface area contributed by atoms with Crippen molar-refractivity contribution in [2.45, 2.75) is 19.9 Å². The molecule has 0 spiro atoms. The second-order valence-corrected chi connectivity index (χ2v) is 8.84. The summed E-state index contributed by atoms with van der Waals surface area (Å²) in [6, 6.07) is 8.46. The van der Waals surface area contributed by atoms with Crippen LogP contribution in [0.15, 0.2) is 68.3 Å². The predicted molar refractivity (Wildman–Crippen MR) is 125 cm³/mol. The molecule has 0 N–H and O–H groups in total. The number of ether oxygens (including phenoxy) is 2. The fraction of sp³-hybridized carbons (Fsp3) is 0.217. The van der Waals surface area contributed by atoms with Gasteiger partial charge in [-0.05, 0) is 71.2 Å². The first kappa shape index (κ1) is 22.2. The van der Waals surface area contributed by atoms with Crippen LogP contribution in [0.5, 0.6) is 5.75 Å². The van der Waals surface area contributed by atoms with E-state index in [9.17, 15) is 9.59 Å². The molecule has 1 aliphatic rings. The van der Waals surface area contributed by atoms with Crippen molar-refractivity contribution in [3.05, 3.63) is 89.3 Å². The Hall–Kier alpha value is -3.04. The Morgan fingerprint density at radius 2 is 2.03 bits per heavy atom. The Balaban J connectivity index is 1.97. The summed E-state index contributed by atoms with van der Waals surface area (Å²) >= 11 is 4.79. The topological polar surface area (TPSA) is 82.8 Å². The summed E-state index contributed by atoms with van der Waals surface area (Å²) in [5, 5.41) is 0. The van der Waals surface area contributed by atoms with E-state index in [0.29, 0.717) is 30.8 Å². The summed E-state index contributed by atoms with van der Waals surface area (Å²) in [6.07, 6.45) is 5.14. The first-order chi connectivity index (χ1) is 15.4. The zero-order valence-electron chi connectivity index (χ0n) is 17.7. The summed E-state index contributed by atoms with van der Waals surface area (Å²) in [7, 11) is 1.58. The molecule has 0 fully saturated rings. The lowest BCUT2D eigenvalue weighted by molar-refractivity contribution is -0.139. The van der Waals surface area contributed by atoms with Gasteiger partial charge < -0.3 is 9.47 Å². The van der Waals surface area contributed by atoms with Crippen LogP contribution in [0.2, 0.25) is 0 Å². The number of esters is 1. The van der Waals surface area contributed by atoms with E-state index in [4.69, 9.17) is 9.47 Å². The molecule has 3 aromatic rings. The van der Waals surface area contributed by atoms with Crippen molar-refractivity contribution in [3.8, 4) is 5.75 Å². The number of benzene rings is 1. The minimum Gasteiger partial charge on any atom is -0.496 e. The van der Waals surface area contributed by atoms with Crippen molar-refractivity contribution in [3.63, 3.8) is 0 Å². The molecule has 0 aliphatic carbocycles. The van der Waals surface area contributed by atoms with E-state index in [2.05, 4.69) is 25.9 Å². The van der Waals surface area contributed by atoms with Crippen LogP contribution in [0.1, 0.15) is 31.0 Å². The average molecular weight is 514 g/mol. The van der Waals surface area contributed by atoms with E-state index in [-0.39, 0.29) is 12.2 Å². The standard InChI is InChI=1S/C23H20BrN3O4S/c1-4-31-22(29)19-13(2)26-23-27(20(19)15-5-6-17(30-3)16(24)12-15)21(28)18(32-23)11-14-7-9-25-10-8-14/h5-12,20H,4H2,1-3H3/b18-11+/t20-/m0/s1. The van der Waals surface area contributed by atoms with Gasteiger partial charge in [0.25, 0.3) is 5.56 Å². The highest BCUT2D eigenvalue weighted by Crippen LogP contribution is 2.34. The van der Waals surface area contributed by atoms with E-state index in [1.54, 1.807) is 50.1 Å². The summed E-state index contributed by atoms with van der Waals surface area (Å²) in [4.78, 5) is 35.5. The van der Waals surface area contributed by atoms with E-state index in [1.165, 1.54) is 11.3 Å². The number of hydrogen-bond acceptors (Lipinski definition) is 7. The van der Waals surface area contributed by atoms with Crippen LogP contribution in [0, 0.1) is 0 Å². The number of hydrogen-bond donors (Lipinski definition) is 0. The first-order valence-corrected chi connectivity index (χ1v) is 11.5. The van der Waals surface area contributed by atoms with Crippen LogP contribution in [-0.4, -0.2) is 29.2 Å². The minimum atomic E-state index is -0.674. The fourth-order valence-electron chi connectivity index (χ4n) is 3.57. The number of carbonyl (C=O) groups excluding carboxylic acids is 1. The lowest BCUT2D eigenvalue weighted by atomic mass is 9.96. The molecular weight excluding hydrogens is 494 g/mol. The number of nitrogens with zero attached hydrogens (tertiary/aromatic N) is 3. The van der Waals surface area contributed by atoms with Crippen LogP contribution in [0.4, 0.5) is 0 Å². The molecule has 164 valence electrons. The molecule has 3 heterocycles. The first-order valence-electron chi connectivity index (χ1n) is 9.87. The second kappa shape index (κ2) is 9.22. The van der Waals surface area contributed by atoms with Crippen molar-refractivity contribution in [2.75, 3.05) is 13.7 Å². The molecule has 4 rings (SSSR count). The Labute approximate surface area is 196 Å². The maximum Gasteiger partial charge on any atom is 0.338 e. The summed E-state index contributed by atoms with van der Waals surface area (Å²) in [5.74, 6) is 0.159. The van der Waals surface area contributed by atoms with Gasteiger partial charge in [0.05, 0.1) is 40.0 Å². The fourth-order valence-corrected chi connectivity index (χ4v) is 5.18. The third-order valence-corrected chi connectivity index (χ3v) is 6.62. The number of pyridine rings is 1. The van der Waals surface area contributed by atoms with Gasteiger partial charge in [0.2, 0.25) is 0 Å². The zero-order chi connectivity index (χ0) is 22.8. The van der Waals surface area contributed by atoms with Crippen LogP contribution in [0.25, 0.3) is 6.08 Å². The molecule has 0 saturated carbocycles. The highest BCUT2D eigenvalue weighted by atomic mass is 79.9. The number of carbonyl (C=O) groups is 1. The molecule has 32 heavy (non-hydrogen) atoms. The Kier molecular flexibility index (Phi) is 6.38. The number of fused-ring (bicyclic) bond motifs is 1. The van der Waals surface area contributed by atoms with Crippen LogP contribution in [-0.2, 0) is 9.53 Å². The van der Waals surface area contributed by atoms with Gasteiger partial charge in [0.15, 0.2) is 4.80 Å². The van der Waals surface area contributed by atoms with E-state index in [0.717, 1.165) is 11.1 Å². The molecule has 1 atom stereocenters. The molecule has 0 amide bonds. The van der Waals surface area contributed by atoms with Crippen molar-refractivity contribution in [2.24, 2.45) is 4.99 Å². The van der Waals surface area contributed by atoms with Crippen molar-refractivity contribution in [1.82, 2.24) is 9.55 Å². The largest absolute Gasteiger partial charge is 0.496 e. The molecule has 0 bridgehead atoms. The highest BCUT2D eigenvalue weighted by Gasteiger charge is 2.33. The SMILES string of the molecule is CCOC(=O)C1=C(C)N=c2s/c(=C/c3ccncc3)c(=O)n2[C@H]1c1ccc(OC)c(Br)c1. The molecule has 0 radical (unpaired) electrons. The zero-order valence-corrected chi connectivity index (χ0v) is 20.1. The number of halogens is 1. The van der Waals surface area contributed by atoms with Crippen LogP contribution >= 0.6 is 27.3 Å². The van der Waals surface area contributed by atoms with Gasteiger partial charge in [0, 0.05) is 12.4 Å². The number of methoxy groups -OCH3 is 1. The van der Waals surface area contributed by atoms with Crippen LogP contribution < -0.4 is 19.6 Å². The molecule has 0 unspecified atom stereocenters. The van der Waals surface area contributed by atoms with Crippen molar-refractivity contribution < 1.29 is 14.3 Å². The van der Waals surface area contributed by atoms with Crippen LogP contribution in [0.3, 0.4) is 0 Å². The molecule has 9 heteroatoms. The van der Waals surface area contributed by atoms with Gasteiger partial charge in [0.1, 0.15) is 5.75 Å². The van der Waals surface area contributed by atoms with E-state index in [1.807, 2.05) is 24.3 Å². The number of thiazole rings is 1. The summed E-state index contributed by atoms with van der Waals surface area (Å²) in [5.41, 5.74) is 2.24. The highest BCUT2D eigenvalue weighted by molar-refractivity contribution is 9.10. The van der Waals surface area contributed by atoms with Crippen molar-refractivity contribution in [1.29, 1.82) is 0 Å². The van der Waals surface area contributed by atoms with Gasteiger partial charge in [-0.2, -0.15) is 0 Å². The second-order valence-electron chi connectivity index (χ2n) is 6.98. The van der Waals surface area contributed by atoms with Gasteiger partial charge in [-0.1, -0.05) is 17.4 Å². The van der Waals surface area contributed by atoms with Crippen molar-refractivity contribution >= 4 is 39.3 Å². The minimum absolute atomic E-state index is 0.223. The summed E-state index contributed by atoms with van der Waals surface area (Å²) in [6.45, 7) is 3.73. The monoisotopic (exact) mass is 513 g/mol. The van der Waals surface area contributed by atoms with Gasteiger partial charge in [-0.3, -0.25) is 14.3 Å². The molecule has 0 saturated heterocycles. The molecule has 7 nitrogen and oxygen atoms in total. The number of allylic oxidation sites excluding steroid dienone is 1. The molecular formula is C23H20BrN3O4S. The number of aromatic nitrogens is 2. The van der Waals surface area contributed by atoms with Gasteiger partial charge in [-0.15, -0.1) is 0 Å². The smallest absolute Gasteiger partial charge is 0.338 e. The quantitative estimate of drug-likeness (QED) is 0.489. The third-order valence-electron chi connectivity index (χ3n) is 5.01. The van der Waals surface area contributed by atoms with E-state index >= 15 is 0 Å². The Morgan fingerprint density at radius 1 is 1.28 bits per heavy atom. The number of rotatable bonds is 5. The summed E-state index contributed by atoms with van der Waals surface area (Å²) < 4.78 is 13.5. The lowest BCUT2D eigenvalue weighted by Gasteiger charge is -2.25. The lowest BCUT2D eigenvalue weighted by Crippen LogP contribution is -2.39. The molecule has 1 aliphatic heterocycles. The maximum absolute atomic E-state index is 13.5. The maximum atomic E-state index is 13.5. The van der Waals surface area contributed by atoms with Gasteiger partial charge in [-0.25, -0.2) is 9.79 Å². The normalized spacial score (nSPS) is 15.9. The Bertz CT molecular complexity index is 1390.